The van der Waals surface area contributed by atoms with Crippen LogP contribution in [0.3, 0.4) is 0 Å². The van der Waals surface area contributed by atoms with Crippen molar-refractivity contribution in [3.8, 4) is 0 Å². The Hall–Kier alpha value is -3.91. The molecule has 0 unspecified atom stereocenters. The molecule has 6 amide bonds. The van der Waals surface area contributed by atoms with Crippen LogP contribution in [0, 0.1) is 17.8 Å². The van der Waals surface area contributed by atoms with Gasteiger partial charge in [-0.2, -0.15) is 0 Å². The number of guanidine groups is 1. The fraction of sp³-hybridized carbons (Fsp3) is 0.759. The second-order valence-corrected chi connectivity index (χ2v) is 11.5. The summed E-state index contributed by atoms with van der Waals surface area (Å²) >= 11 is 0. The summed E-state index contributed by atoms with van der Waals surface area (Å²) in [7, 11) is 0. The molecule has 0 rings (SSSR count). The molecular weight excluding hydrogens is 570 g/mol. The minimum Gasteiger partial charge on any atom is -0.370 e. The van der Waals surface area contributed by atoms with Crippen LogP contribution in [-0.4, -0.2) is 78.7 Å². The SMILES string of the molecule is CCC(=O)N[C@@H](CCCN=C(N)N)C(=O)N[C@H](C(=O)N[C@H](C(=O)NCC(=O)N[C@@H](CC(C)C)C(N)=O)[C@@H](C)CC)[C@@H](C)CC. The Bertz CT molecular complexity index is 1000. The average molecular weight is 626 g/mol. The number of nitrogens with zero attached hydrogens (tertiary/aromatic N) is 1. The van der Waals surface area contributed by atoms with Crippen LogP contribution >= 0.6 is 0 Å². The summed E-state index contributed by atoms with van der Waals surface area (Å²) in [6.45, 7) is 12.5. The minimum atomic E-state index is -1.01. The number of carbonyl (C=O) groups is 6. The van der Waals surface area contributed by atoms with Gasteiger partial charge in [-0.15, -0.1) is 0 Å². The van der Waals surface area contributed by atoms with E-state index in [0.29, 0.717) is 25.7 Å². The van der Waals surface area contributed by atoms with Gasteiger partial charge in [0.2, 0.25) is 35.4 Å². The summed E-state index contributed by atoms with van der Waals surface area (Å²) < 4.78 is 0. The van der Waals surface area contributed by atoms with E-state index in [2.05, 4.69) is 31.6 Å². The Balaban J connectivity index is 5.70. The molecule has 0 bridgehead atoms. The topological polar surface area (TPSA) is 253 Å². The molecule has 0 aliphatic rings. The quantitative estimate of drug-likeness (QED) is 0.0451. The summed E-state index contributed by atoms with van der Waals surface area (Å²) in [6, 6.07) is -3.83. The molecule has 0 saturated carbocycles. The number of hydrogen-bond donors (Lipinski definition) is 8. The molecule has 0 aliphatic carbocycles. The number of rotatable bonds is 21. The highest BCUT2D eigenvalue weighted by Crippen LogP contribution is 2.13. The van der Waals surface area contributed by atoms with E-state index in [1.165, 1.54) is 0 Å². The molecule has 15 heteroatoms. The van der Waals surface area contributed by atoms with Crippen molar-refractivity contribution in [1.29, 1.82) is 0 Å². The van der Waals surface area contributed by atoms with Gasteiger partial charge in [-0.25, -0.2) is 0 Å². The summed E-state index contributed by atoms with van der Waals surface area (Å²) in [5.74, 6) is -3.94. The van der Waals surface area contributed by atoms with Crippen LogP contribution in [0.15, 0.2) is 4.99 Å². The highest BCUT2D eigenvalue weighted by atomic mass is 16.2. The molecule has 0 aromatic carbocycles. The first kappa shape index (κ1) is 40.1. The van der Waals surface area contributed by atoms with Gasteiger partial charge in [0.15, 0.2) is 5.96 Å². The van der Waals surface area contributed by atoms with Crippen molar-refractivity contribution in [2.75, 3.05) is 13.1 Å². The molecular formula is C29H55N9O6. The van der Waals surface area contributed by atoms with Crippen LogP contribution in [0.5, 0.6) is 0 Å². The van der Waals surface area contributed by atoms with Crippen molar-refractivity contribution in [3.05, 3.63) is 0 Å². The summed E-state index contributed by atoms with van der Waals surface area (Å²) in [4.78, 5) is 80.2. The van der Waals surface area contributed by atoms with E-state index in [4.69, 9.17) is 17.2 Å². The Morgan fingerprint density at radius 1 is 0.682 bits per heavy atom. The van der Waals surface area contributed by atoms with E-state index in [0.717, 1.165) is 0 Å². The second kappa shape index (κ2) is 20.9. The lowest BCUT2D eigenvalue weighted by molar-refractivity contribution is -0.135. The maximum absolute atomic E-state index is 13.5. The van der Waals surface area contributed by atoms with Crippen LogP contribution < -0.4 is 43.8 Å². The van der Waals surface area contributed by atoms with Gasteiger partial charge in [-0.1, -0.05) is 61.3 Å². The molecule has 15 nitrogen and oxygen atoms in total. The molecule has 0 saturated heterocycles. The van der Waals surface area contributed by atoms with Crippen molar-refractivity contribution >= 4 is 41.4 Å². The number of nitrogens with two attached hydrogens (primary N) is 3. The Kier molecular flexibility index (Phi) is 19.0. The molecule has 44 heavy (non-hydrogen) atoms. The van der Waals surface area contributed by atoms with Crippen LogP contribution in [0.2, 0.25) is 0 Å². The normalized spacial score (nSPS) is 15.0. The van der Waals surface area contributed by atoms with Crippen LogP contribution in [0.25, 0.3) is 0 Å². The Morgan fingerprint density at radius 2 is 1.20 bits per heavy atom. The van der Waals surface area contributed by atoms with Gasteiger partial charge >= 0.3 is 0 Å². The second-order valence-electron chi connectivity index (χ2n) is 11.5. The number of hydrogen-bond acceptors (Lipinski definition) is 7. The molecule has 0 fully saturated rings. The standard InChI is InChI=1S/C29H55N9O6/c1-8-17(6)23(27(43)34-15-22(40)36-20(25(30)41)14-16(4)5)38-28(44)24(18(7)9-2)37-26(42)19(35-21(39)10-3)12-11-13-33-29(31)32/h16-20,23-24H,8-15H2,1-7H3,(H2,30,41)(H,34,43)(H,35,39)(H,36,40)(H,37,42)(H,38,44)(H4,31,32,33)/t17-,18-,19-,20-,23-,24-/m0/s1. The molecule has 0 aromatic heterocycles. The van der Waals surface area contributed by atoms with Crippen LogP contribution in [-0.2, 0) is 28.8 Å². The van der Waals surface area contributed by atoms with E-state index in [1.54, 1.807) is 20.8 Å². The number of amides is 6. The molecule has 6 atom stereocenters. The van der Waals surface area contributed by atoms with Gasteiger partial charge < -0.3 is 43.8 Å². The lowest BCUT2D eigenvalue weighted by Gasteiger charge is -2.30. The highest BCUT2D eigenvalue weighted by molar-refractivity contribution is 5.95. The predicted octanol–water partition coefficient (Wildman–Crippen LogP) is -0.871. The number of carbonyl (C=O) groups excluding carboxylic acids is 6. The molecule has 0 spiro atoms. The molecule has 252 valence electrons. The fourth-order valence-corrected chi connectivity index (χ4v) is 4.21. The fourth-order valence-electron chi connectivity index (χ4n) is 4.21. The Morgan fingerprint density at radius 3 is 1.68 bits per heavy atom. The van der Waals surface area contributed by atoms with Crippen molar-refractivity contribution in [2.45, 2.75) is 111 Å². The van der Waals surface area contributed by atoms with E-state index in [-0.39, 0.29) is 49.0 Å². The zero-order valence-electron chi connectivity index (χ0n) is 27.3. The first-order valence-corrected chi connectivity index (χ1v) is 15.4. The van der Waals surface area contributed by atoms with Gasteiger partial charge in [0.05, 0.1) is 6.54 Å². The third-order valence-corrected chi connectivity index (χ3v) is 7.31. The van der Waals surface area contributed by atoms with Crippen LogP contribution in [0.1, 0.15) is 87.0 Å². The molecule has 0 aliphatic heterocycles. The number of aliphatic imine (C=N–C) groups is 1. The molecule has 0 radical (unpaired) electrons. The van der Waals surface area contributed by atoms with Gasteiger partial charge in [0.1, 0.15) is 24.2 Å². The molecule has 0 heterocycles. The van der Waals surface area contributed by atoms with E-state index >= 15 is 0 Å². The van der Waals surface area contributed by atoms with Crippen molar-refractivity contribution < 1.29 is 28.8 Å². The zero-order valence-corrected chi connectivity index (χ0v) is 27.3. The maximum atomic E-state index is 13.5. The average Bonchev–Trinajstić information content (AvgIpc) is 2.96. The van der Waals surface area contributed by atoms with E-state index < -0.39 is 60.2 Å². The lowest BCUT2D eigenvalue weighted by atomic mass is 9.94. The summed E-state index contributed by atoms with van der Waals surface area (Å²) in [6.07, 6.45) is 2.22. The maximum Gasteiger partial charge on any atom is 0.243 e. The third kappa shape index (κ3) is 15.5. The van der Waals surface area contributed by atoms with Gasteiger partial charge in [-0.3, -0.25) is 33.8 Å². The molecule has 11 N–H and O–H groups in total. The van der Waals surface area contributed by atoms with Crippen molar-refractivity contribution in [1.82, 2.24) is 26.6 Å². The van der Waals surface area contributed by atoms with Gasteiger partial charge in [0.25, 0.3) is 0 Å². The van der Waals surface area contributed by atoms with Gasteiger partial charge in [-0.05, 0) is 37.0 Å². The minimum absolute atomic E-state index is 0.0846. The summed E-state index contributed by atoms with van der Waals surface area (Å²) in [5, 5.41) is 13.2. The number of primary amides is 1. The zero-order chi connectivity index (χ0) is 34.0. The van der Waals surface area contributed by atoms with E-state index in [9.17, 15) is 28.8 Å². The largest absolute Gasteiger partial charge is 0.370 e. The first-order chi connectivity index (χ1) is 20.6. The first-order valence-electron chi connectivity index (χ1n) is 15.4. The van der Waals surface area contributed by atoms with Crippen molar-refractivity contribution in [2.24, 2.45) is 39.9 Å². The van der Waals surface area contributed by atoms with Gasteiger partial charge in [0, 0.05) is 13.0 Å². The highest BCUT2D eigenvalue weighted by Gasteiger charge is 2.34. The summed E-state index contributed by atoms with van der Waals surface area (Å²) in [5.41, 5.74) is 16.1. The molecule has 0 aromatic rings. The smallest absolute Gasteiger partial charge is 0.243 e. The number of nitrogens with one attached hydrogen (secondary N) is 5. The monoisotopic (exact) mass is 625 g/mol. The van der Waals surface area contributed by atoms with Crippen molar-refractivity contribution in [3.63, 3.8) is 0 Å². The Labute approximate surface area is 261 Å². The third-order valence-electron chi connectivity index (χ3n) is 7.31. The van der Waals surface area contributed by atoms with Crippen LogP contribution in [0.4, 0.5) is 0 Å². The lowest BCUT2D eigenvalue weighted by Crippen LogP contribution is -2.60. The van der Waals surface area contributed by atoms with E-state index in [1.807, 2.05) is 27.7 Å². The predicted molar refractivity (Wildman–Crippen MR) is 168 cm³/mol.